The number of aromatic amines is 1. The molecule has 0 atom stereocenters. The molecule has 2 aromatic carbocycles. The molecule has 0 saturated carbocycles. The lowest BCUT2D eigenvalue weighted by atomic mass is 10.1. The summed E-state index contributed by atoms with van der Waals surface area (Å²) >= 11 is 0. The molecule has 6 nitrogen and oxygen atoms in total. The number of H-pyrrole nitrogens is 1. The fourth-order valence-electron chi connectivity index (χ4n) is 2.87. The molecular weight excluding hydrogens is 430 g/mol. The van der Waals surface area contributed by atoms with Crippen molar-refractivity contribution in [3.63, 3.8) is 0 Å². The van der Waals surface area contributed by atoms with E-state index < -0.39 is 40.1 Å². The van der Waals surface area contributed by atoms with Gasteiger partial charge >= 0.3 is 11.7 Å². The predicted octanol–water partition coefficient (Wildman–Crippen LogP) is 3.34. The standard InChI is InChI=1S/C22H17F4N3O3/c23-16-10-8-15(9-11-16)13-27-20(31)17-18(30)21(32)29(28-19(17)22(24,25)26)12-4-7-14-5-2-1-3-6-14/h1-11,28H,12-13H2,(H,27,31)/b7-4+. The zero-order chi connectivity index (χ0) is 23.3. The molecule has 0 fully saturated rings. The molecular formula is C22H17F4N3O3. The number of benzene rings is 2. The van der Waals surface area contributed by atoms with E-state index in [1.165, 1.54) is 18.2 Å². The monoisotopic (exact) mass is 447 g/mol. The van der Waals surface area contributed by atoms with E-state index in [9.17, 15) is 31.9 Å². The molecule has 0 radical (unpaired) electrons. The van der Waals surface area contributed by atoms with Crippen molar-refractivity contribution in [2.45, 2.75) is 19.3 Å². The lowest BCUT2D eigenvalue weighted by molar-refractivity contribution is -0.142. The molecule has 0 bridgehead atoms. The number of allylic oxidation sites excluding steroid dienone is 1. The third kappa shape index (κ3) is 5.39. The molecule has 1 amide bonds. The zero-order valence-electron chi connectivity index (χ0n) is 16.4. The Balaban J connectivity index is 1.90. The molecule has 2 N–H and O–H groups in total. The summed E-state index contributed by atoms with van der Waals surface area (Å²) < 4.78 is 54.2. The van der Waals surface area contributed by atoms with Crippen molar-refractivity contribution in [2.24, 2.45) is 0 Å². The van der Waals surface area contributed by atoms with Crippen LogP contribution >= 0.6 is 0 Å². The average Bonchev–Trinajstić information content (AvgIpc) is 2.76. The summed E-state index contributed by atoms with van der Waals surface area (Å²) in [6, 6.07) is 13.7. The second kappa shape index (κ2) is 9.46. The lowest BCUT2D eigenvalue weighted by Gasteiger charge is -2.14. The van der Waals surface area contributed by atoms with E-state index in [0.29, 0.717) is 10.2 Å². The summed E-state index contributed by atoms with van der Waals surface area (Å²) in [4.78, 5) is 37.1. The Hall–Kier alpha value is -3.95. The Morgan fingerprint density at radius 2 is 1.69 bits per heavy atom. The van der Waals surface area contributed by atoms with Gasteiger partial charge in [0.15, 0.2) is 5.69 Å². The Morgan fingerprint density at radius 1 is 1.03 bits per heavy atom. The van der Waals surface area contributed by atoms with Crippen LogP contribution < -0.4 is 16.3 Å². The molecule has 0 spiro atoms. The van der Waals surface area contributed by atoms with Crippen LogP contribution in [-0.4, -0.2) is 15.7 Å². The number of hydrogen-bond donors (Lipinski definition) is 2. The molecule has 0 aliphatic heterocycles. The molecule has 3 rings (SSSR count). The summed E-state index contributed by atoms with van der Waals surface area (Å²) in [7, 11) is 0. The minimum atomic E-state index is -5.10. The third-order valence-electron chi connectivity index (χ3n) is 4.44. The maximum atomic E-state index is 13.6. The number of amides is 1. The van der Waals surface area contributed by atoms with E-state index in [-0.39, 0.29) is 13.1 Å². The number of hydrogen-bond acceptors (Lipinski definition) is 3. The highest BCUT2D eigenvalue weighted by Gasteiger charge is 2.39. The van der Waals surface area contributed by atoms with Crippen LogP contribution in [0.15, 0.2) is 70.3 Å². The van der Waals surface area contributed by atoms with Gasteiger partial charge in [-0.05, 0) is 23.3 Å². The molecule has 0 saturated heterocycles. The Labute approximate surface area is 178 Å². The SMILES string of the molecule is O=C(NCc1ccc(F)cc1)c1c(C(F)(F)F)[nH]n(C/C=C/c2ccccc2)c(=O)c1=O. The van der Waals surface area contributed by atoms with E-state index >= 15 is 0 Å². The Kier molecular flexibility index (Phi) is 6.72. The van der Waals surface area contributed by atoms with E-state index in [1.807, 2.05) is 5.10 Å². The van der Waals surface area contributed by atoms with Gasteiger partial charge in [-0.15, -0.1) is 0 Å². The summed E-state index contributed by atoms with van der Waals surface area (Å²) in [5, 5.41) is 4.01. The number of halogens is 4. The lowest BCUT2D eigenvalue weighted by Crippen LogP contribution is -2.44. The van der Waals surface area contributed by atoms with E-state index in [2.05, 4.69) is 5.32 Å². The quantitative estimate of drug-likeness (QED) is 0.449. The normalized spacial score (nSPS) is 11.6. The average molecular weight is 447 g/mol. The highest BCUT2D eigenvalue weighted by Crippen LogP contribution is 2.28. The summed E-state index contributed by atoms with van der Waals surface area (Å²) in [5.74, 6) is -1.90. The predicted molar refractivity (Wildman–Crippen MR) is 109 cm³/mol. The van der Waals surface area contributed by atoms with Crippen LogP contribution in [0, 0.1) is 5.82 Å². The van der Waals surface area contributed by atoms with Crippen LogP contribution in [0.4, 0.5) is 17.6 Å². The fourth-order valence-corrected chi connectivity index (χ4v) is 2.87. The number of nitrogens with zero attached hydrogens (tertiary/aromatic N) is 1. The Morgan fingerprint density at radius 3 is 2.31 bits per heavy atom. The molecule has 10 heteroatoms. The smallest absolute Gasteiger partial charge is 0.348 e. The number of aromatic nitrogens is 2. The summed E-state index contributed by atoms with van der Waals surface area (Å²) in [5.41, 5.74) is -4.71. The van der Waals surface area contributed by atoms with E-state index in [1.54, 1.807) is 36.4 Å². The highest BCUT2D eigenvalue weighted by molar-refractivity contribution is 5.95. The fraction of sp³-hybridized carbons (Fsp3) is 0.136. The Bertz CT molecular complexity index is 1240. The maximum Gasteiger partial charge on any atom is 0.433 e. The van der Waals surface area contributed by atoms with Gasteiger partial charge in [-0.1, -0.05) is 54.6 Å². The van der Waals surface area contributed by atoms with Gasteiger partial charge in [0.2, 0.25) is 0 Å². The van der Waals surface area contributed by atoms with Crippen LogP contribution in [0.1, 0.15) is 27.2 Å². The van der Waals surface area contributed by atoms with Crippen molar-refractivity contribution < 1.29 is 22.4 Å². The zero-order valence-corrected chi connectivity index (χ0v) is 16.4. The number of alkyl halides is 3. The van der Waals surface area contributed by atoms with Crippen molar-refractivity contribution in [3.05, 3.63) is 109 Å². The molecule has 0 unspecified atom stereocenters. The van der Waals surface area contributed by atoms with Gasteiger partial charge in [-0.3, -0.25) is 19.5 Å². The van der Waals surface area contributed by atoms with Gasteiger partial charge < -0.3 is 5.32 Å². The molecule has 1 heterocycles. The van der Waals surface area contributed by atoms with Crippen molar-refractivity contribution in [1.29, 1.82) is 0 Å². The van der Waals surface area contributed by atoms with Gasteiger partial charge in [-0.25, -0.2) is 9.07 Å². The number of carbonyl (C=O) groups is 1. The van der Waals surface area contributed by atoms with Gasteiger partial charge in [0.1, 0.15) is 11.4 Å². The summed E-state index contributed by atoms with van der Waals surface area (Å²) in [6.45, 7) is -0.609. The van der Waals surface area contributed by atoms with Crippen LogP contribution in [0.25, 0.3) is 6.08 Å². The molecule has 1 aromatic heterocycles. The first-order valence-corrected chi connectivity index (χ1v) is 9.35. The van der Waals surface area contributed by atoms with Crippen molar-refractivity contribution in [1.82, 2.24) is 15.1 Å². The number of carbonyl (C=O) groups excluding carboxylic acids is 1. The molecule has 3 aromatic rings. The van der Waals surface area contributed by atoms with Crippen LogP contribution in [-0.2, 0) is 19.3 Å². The molecule has 0 aliphatic carbocycles. The van der Waals surface area contributed by atoms with E-state index in [0.717, 1.165) is 17.7 Å². The largest absolute Gasteiger partial charge is 0.433 e. The highest BCUT2D eigenvalue weighted by atomic mass is 19.4. The minimum absolute atomic E-state index is 0.265. The van der Waals surface area contributed by atoms with Crippen molar-refractivity contribution in [3.8, 4) is 0 Å². The first kappa shape index (κ1) is 22.7. The third-order valence-corrected chi connectivity index (χ3v) is 4.44. The molecule has 0 aliphatic rings. The second-order valence-corrected chi connectivity index (χ2v) is 6.73. The molecule has 166 valence electrons. The van der Waals surface area contributed by atoms with Crippen LogP contribution in [0.2, 0.25) is 0 Å². The van der Waals surface area contributed by atoms with Crippen LogP contribution in [0.5, 0.6) is 0 Å². The van der Waals surface area contributed by atoms with Gasteiger partial charge in [-0.2, -0.15) is 13.2 Å². The first-order valence-electron chi connectivity index (χ1n) is 9.35. The summed E-state index contributed by atoms with van der Waals surface area (Å²) in [6.07, 6.45) is -2.12. The van der Waals surface area contributed by atoms with Gasteiger partial charge in [0.25, 0.3) is 11.3 Å². The maximum absolute atomic E-state index is 13.6. The number of nitrogens with one attached hydrogen (secondary N) is 2. The minimum Gasteiger partial charge on any atom is -0.348 e. The molecule has 32 heavy (non-hydrogen) atoms. The van der Waals surface area contributed by atoms with Gasteiger partial charge in [0, 0.05) is 6.54 Å². The number of rotatable bonds is 6. The first-order chi connectivity index (χ1) is 15.2. The van der Waals surface area contributed by atoms with Crippen molar-refractivity contribution in [2.75, 3.05) is 0 Å². The van der Waals surface area contributed by atoms with E-state index in [4.69, 9.17) is 0 Å². The van der Waals surface area contributed by atoms with Crippen molar-refractivity contribution >= 4 is 12.0 Å². The second-order valence-electron chi connectivity index (χ2n) is 6.73. The topological polar surface area (TPSA) is 84.0 Å². The van der Waals surface area contributed by atoms with Gasteiger partial charge in [0.05, 0.1) is 6.54 Å². The van der Waals surface area contributed by atoms with Crippen LogP contribution in [0.3, 0.4) is 0 Å².